The minimum atomic E-state index is -0.534. The summed E-state index contributed by atoms with van der Waals surface area (Å²) in [5.74, 6) is 2.11. The number of nitrogens with one attached hydrogen (secondary N) is 2. The maximum Gasteiger partial charge on any atom is 0.338 e. The van der Waals surface area contributed by atoms with E-state index in [0.717, 1.165) is 27.3 Å². The van der Waals surface area contributed by atoms with Crippen molar-refractivity contribution in [1.82, 2.24) is 15.0 Å². The fourth-order valence-corrected chi connectivity index (χ4v) is 4.77. The molecule has 0 atom stereocenters. The maximum absolute atomic E-state index is 12.3. The van der Waals surface area contributed by atoms with Crippen LogP contribution in [-0.2, 0) is 11.3 Å². The SMILES string of the molecule is COc1ccc(Nc2nc(-c3cccc(CNc4ccc(C(=O)OC(C)(C)C)cc4)c3)nc3scnc23)cc1OC. The van der Waals surface area contributed by atoms with Crippen LogP contribution in [0.15, 0.2) is 72.2 Å². The molecule has 0 saturated heterocycles. The van der Waals surface area contributed by atoms with Gasteiger partial charge in [-0.2, -0.15) is 0 Å². The van der Waals surface area contributed by atoms with Crippen molar-refractivity contribution in [3.63, 3.8) is 0 Å². The molecule has 0 amide bonds. The van der Waals surface area contributed by atoms with E-state index in [2.05, 4.69) is 21.7 Å². The van der Waals surface area contributed by atoms with Crippen LogP contribution < -0.4 is 20.1 Å². The zero-order chi connectivity index (χ0) is 29.0. The van der Waals surface area contributed by atoms with E-state index in [0.29, 0.717) is 40.8 Å². The quantitative estimate of drug-likeness (QED) is 0.180. The van der Waals surface area contributed by atoms with Gasteiger partial charge in [0.05, 0.1) is 25.3 Å². The smallest absolute Gasteiger partial charge is 0.338 e. The lowest BCUT2D eigenvalue weighted by Crippen LogP contribution is -2.23. The second kappa shape index (κ2) is 11.8. The molecule has 0 radical (unpaired) electrons. The van der Waals surface area contributed by atoms with Crippen LogP contribution in [0.25, 0.3) is 21.7 Å². The van der Waals surface area contributed by atoms with Crippen LogP contribution in [0, 0.1) is 0 Å². The minimum absolute atomic E-state index is 0.338. The Hall–Kier alpha value is -4.70. The number of carbonyl (C=O) groups excluding carboxylic acids is 1. The van der Waals surface area contributed by atoms with Crippen LogP contribution in [0.1, 0.15) is 36.7 Å². The number of hydrogen-bond donors (Lipinski definition) is 2. The Balaban J connectivity index is 1.34. The van der Waals surface area contributed by atoms with Gasteiger partial charge in [-0.05, 0) is 68.8 Å². The molecule has 41 heavy (non-hydrogen) atoms. The van der Waals surface area contributed by atoms with Crippen molar-refractivity contribution >= 4 is 44.8 Å². The fraction of sp³-hybridized carbons (Fsp3) is 0.226. The second-order valence-corrected chi connectivity index (χ2v) is 11.1. The van der Waals surface area contributed by atoms with Gasteiger partial charge in [-0.25, -0.2) is 19.7 Å². The first-order chi connectivity index (χ1) is 19.7. The number of nitrogens with zero attached hydrogens (tertiary/aromatic N) is 3. The Morgan fingerprint density at radius 1 is 0.902 bits per heavy atom. The van der Waals surface area contributed by atoms with Crippen LogP contribution in [0.4, 0.5) is 17.2 Å². The first-order valence-corrected chi connectivity index (χ1v) is 13.9. The van der Waals surface area contributed by atoms with Crippen molar-refractivity contribution in [3.8, 4) is 22.9 Å². The average Bonchev–Trinajstić information content (AvgIpc) is 3.45. The molecule has 5 aromatic rings. The maximum atomic E-state index is 12.3. The summed E-state index contributed by atoms with van der Waals surface area (Å²) in [4.78, 5) is 27.2. The van der Waals surface area contributed by atoms with Gasteiger partial charge >= 0.3 is 5.97 Å². The van der Waals surface area contributed by atoms with Crippen molar-refractivity contribution in [1.29, 1.82) is 0 Å². The molecule has 2 aromatic heterocycles. The number of thiazole rings is 1. The highest BCUT2D eigenvalue weighted by Crippen LogP contribution is 2.33. The first kappa shape index (κ1) is 27.9. The molecule has 0 aliphatic heterocycles. The number of anilines is 3. The summed E-state index contributed by atoms with van der Waals surface area (Å²) >= 11 is 1.46. The number of rotatable bonds is 9. The third-order valence-electron chi connectivity index (χ3n) is 6.05. The van der Waals surface area contributed by atoms with Gasteiger partial charge in [0.1, 0.15) is 15.9 Å². The van der Waals surface area contributed by atoms with Crippen LogP contribution in [0.2, 0.25) is 0 Å². The third kappa shape index (κ3) is 6.72. The standard InChI is InChI=1S/C31H31N5O4S/c1-31(2,3)40-30(37)20-9-11-22(12-10-20)32-17-19-7-6-8-21(15-19)27-35-28(26-29(36-27)41-18-33-26)34-23-13-14-24(38-4)25(16-23)39-5/h6-16,18,32H,17H2,1-5H3,(H,34,35,36). The predicted octanol–water partition coefficient (Wildman–Crippen LogP) is 7.08. The van der Waals surface area contributed by atoms with Gasteiger partial charge in [-0.1, -0.05) is 18.2 Å². The van der Waals surface area contributed by atoms with Gasteiger partial charge in [-0.15, -0.1) is 11.3 Å². The van der Waals surface area contributed by atoms with Crippen LogP contribution in [-0.4, -0.2) is 40.7 Å². The molecule has 0 unspecified atom stereocenters. The average molecular weight is 570 g/mol. The molecule has 0 bridgehead atoms. The fourth-order valence-electron chi connectivity index (χ4n) is 4.11. The van der Waals surface area contributed by atoms with Crippen molar-refractivity contribution in [2.75, 3.05) is 24.9 Å². The summed E-state index contributed by atoms with van der Waals surface area (Å²) in [6, 6.07) is 20.9. The molecular weight excluding hydrogens is 538 g/mol. The number of fused-ring (bicyclic) bond motifs is 1. The van der Waals surface area contributed by atoms with Crippen molar-refractivity contribution < 1.29 is 19.0 Å². The van der Waals surface area contributed by atoms with Crippen molar-refractivity contribution in [2.24, 2.45) is 0 Å². The van der Waals surface area contributed by atoms with E-state index >= 15 is 0 Å². The highest BCUT2D eigenvalue weighted by molar-refractivity contribution is 7.16. The Morgan fingerprint density at radius 3 is 2.39 bits per heavy atom. The highest BCUT2D eigenvalue weighted by Gasteiger charge is 2.18. The lowest BCUT2D eigenvalue weighted by Gasteiger charge is -2.19. The van der Waals surface area contributed by atoms with E-state index in [-0.39, 0.29) is 5.97 Å². The Labute approximate surface area is 242 Å². The largest absolute Gasteiger partial charge is 0.493 e. The summed E-state index contributed by atoms with van der Waals surface area (Å²) in [7, 11) is 3.20. The lowest BCUT2D eigenvalue weighted by molar-refractivity contribution is 0.00695. The molecule has 0 saturated carbocycles. The number of hydrogen-bond acceptors (Lipinski definition) is 10. The Morgan fingerprint density at radius 2 is 1.66 bits per heavy atom. The molecule has 3 aromatic carbocycles. The molecule has 0 aliphatic rings. The van der Waals surface area contributed by atoms with Gasteiger partial charge < -0.3 is 24.8 Å². The van der Waals surface area contributed by atoms with Gasteiger partial charge in [-0.3, -0.25) is 0 Å². The van der Waals surface area contributed by atoms with E-state index < -0.39 is 5.60 Å². The molecular formula is C31H31N5O4S. The summed E-state index contributed by atoms with van der Waals surface area (Å²) in [5.41, 5.74) is 6.06. The van der Waals surface area contributed by atoms with Crippen molar-refractivity contribution in [3.05, 3.63) is 83.4 Å². The number of esters is 1. The lowest BCUT2D eigenvalue weighted by atomic mass is 10.1. The molecule has 2 heterocycles. The van der Waals surface area contributed by atoms with E-state index in [9.17, 15) is 4.79 Å². The number of methoxy groups -OCH3 is 2. The van der Waals surface area contributed by atoms with Gasteiger partial charge in [0.25, 0.3) is 0 Å². The number of carbonyl (C=O) groups is 1. The summed E-state index contributed by atoms with van der Waals surface area (Å²) in [5, 5.41) is 6.78. The van der Waals surface area contributed by atoms with Gasteiger partial charge in [0, 0.05) is 29.5 Å². The molecule has 10 heteroatoms. The Kier molecular flexibility index (Phi) is 8.02. The minimum Gasteiger partial charge on any atom is -0.493 e. The normalized spacial score (nSPS) is 11.2. The molecule has 0 spiro atoms. The topological polar surface area (TPSA) is 107 Å². The summed E-state index contributed by atoms with van der Waals surface area (Å²) in [6.45, 7) is 6.14. The van der Waals surface area contributed by atoms with Crippen LogP contribution in [0.5, 0.6) is 11.5 Å². The number of benzene rings is 3. The van der Waals surface area contributed by atoms with Gasteiger partial charge in [0.15, 0.2) is 23.1 Å². The summed E-state index contributed by atoms with van der Waals surface area (Å²) in [6.07, 6.45) is 0. The van der Waals surface area contributed by atoms with Crippen molar-refractivity contribution in [2.45, 2.75) is 32.9 Å². The monoisotopic (exact) mass is 569 g/mol. The molecule has 2 N–H and O–H groups in total. The van der Waals surface area contributed by atoms with E-state index in [1.54, 1.807) is 31.9 Å². The third-order valence-corrected chi connectivity index (χ3v) is 6.76. The summed E-state index contributed by atoms with van der Waals surface area (Å²) < 4.78 is 16.2. The van der Waals surface area contributed by atoms with Crippen LogP contribution in [0.3, 0.4) is 0 Å². The number of aromatic nitrogens is 3. The zero-order valence-electron chi connectivity index (χ0n) is 23.5. The highest BCUT2D eigenvalue weighted by atomic mass is 32.1. The second-order valence-electron chi connectivity index (χ2n) is 10.2. The number of ether oxygens (including phenoxy) is 3. The predicted molar refractivity (Wildman–Crippen MR) is 162 cm³/mol. The van der Waals surface area contributed by atoms with Gasteiger partial charge in [0.2, 0.25) is 0 Å². The molecule has 0 aliphatic carbocycles. The Bertz CT molecular complexity index is 1680. The first-order valence-electron chi connectivity index (χ1n) is 13.0. The van der Waals surface area contributed by atoms with Crippen LogP contribution >= 0.6 is 11.3 Å². The van der Waals surface area contributed by atoms with E-state index in [1.165, 1.54) is 11.3 Å². The van der Waals surface area contributed by atoms with E-state index in [1.807, 2.05) is 69.3 Å². The van der Waals surface area contributed by atoms with E-state index in [4.69, 9.17) is 24.2 Å². The zero-order valence-corrected chi connectivity index (χ0v) is 24.3. The molecule has 210 valence electrons. The molecule has 9 nitrogen and oxygen atoms in total. The molecule has 0 fully saturated rings. The molecule has 5 rings (SSSR count).